The molecule has 0 aromatic heterocycles. The molecular formula is C18H23N. The third kappa shape index (κ3) is 3.45. The minimum absolute atomic E-state index is 0.187. The molecule has 2 aromatic carbocycles. The van der Waals surface area contributed by atoms with Crippen LogP contribution in [0.1, 0.15) is 37.8 Å². The van der Waals surface area contributed by atoms with Crippen molar-refractivity contribution in [2.24, 2.45) is 5.73 Å². The van der Waals surface area contributed by atoms with E-state index in [2.05, 4.69) is 69.3 Å². The maximum Gasteiger partial charge on any atom is 0.00511 e. The Bertz CT molecular complexity index is 527. The zero-order valence-corrected chi connectivity index (χ0v) is 12.1. The van der Waals surface area contributed by atoms with Crippen molar-refractivity contribution < 1.29 is 0 Å². The molecule has 0 heterocycles. The predicted molar refractivity (Wildman–Crippen MR) is 83.3 cm³/mol. The van der Waals surface area contributed by atoms with Gasteiger partial charge in [0.15, 0.2) is 0 Å². The zero-order chi connectivity index (χ0) is 13.8. The van der Waals surface area contributed by atoms with Crippen LogP contribution in [0.4, 0.5) is 0 Å². The van der Waals surface area contributed by atoms with E-state index in [0.29, 0.717) is 5.92 Å². The highest BCUT2D eigenvalue weighted by Crippen LogP contribution is 2.28. The molecule has 0 radical (unpaired) electrons. The van der Waals surface area contributed by atoms with Crippen LogP contribution in [0.15, 0.2) is 48.5 Å². The van der Waals surface area contributed by atoms with Gasteiger partial charge in [-0.3, -0.25) is 0 Å². The lowest BCUT2D eigenvalue weighted by atomic mass is 9.91. The topological polar surface area (TPSA) is 26.0 Å². The Morgan fingerprint density at radius 2 is 1.63 bits per heavy atom. The van der Waals surface area contributed by atoms with Crippen LogP contribution in [0.3, 0.4) is 0 Å². The van der Waals surface area contributed by atoms with E-state index in [9.17, 15) is 0 Å². The Kier molecular flexibility index (Phi) is 4.39. The zero-order valence-electron chi connectivity index (χ0n) is 12.1. The molecule has 1 unspecified atom stereocenters. The Balaban J connectivity index is 2.50. The lowest BCUT2D eigenvalue weighted by molar-refractivity contribution is 0.738. The highest BCUT2D eigenvalue weighted by Gasteiger charge is 2.09. The number of nitrogens with two attached hydrogens (primary N) is 1. The molecule has 0 bridgehead atoms. The molecule has 0 amide bonds. The number of benzene rings is 2. The molecular weight excluding hydrogens is 230 g/mol. The maximum atomic E-state index is 5.97. The lowest BCUT2D eigenvalue weighted by Crippen LogP contribution is -2.18. The quantitative estimate of drug-likeness (QED) is 0.860. The summed E-state index contributed by atoms with van der Waals surface area (Å²) in [5.74, 6) is 0.548. The first kappa shape index (κ1) is 13.8. The van der Waals surface area contributed by atoms with Crippen LogP contribution in [0, 0.1) is 0 Å². The largest absolute Gasteiger partial charge is 0.328 e. The van der Waals surface area contributed by atoms with Crippen molar-refractivity contribution in [3.63, 3.8) is 0 Å². The minimum Gasteiger partial charge on any atom is -0.328 e. The van der Waals surface area contributed by atoms with Crippen LogP contribution < -0.4 is 5.73 Å². The van der Waals surface area contributed by atoms with Gasteiger partial charge in [-0.25, -0.2) is 0 Å². The molecule has 100 valence electrons. The van der Waals surface area contributed by atoms with Gasteiger partial charge in [-0.05, 0) is 41.5 Å². The van der Waals surface area contributed by atoms with Crippen molar-refractivity contribution in [1.29, 1.82) is 0 Å². The molecule has 19 heavy (non-hydrogen) atoms. The summed E-state index contributed by atoms with van der Waals surface area (Å²) in [6.45, 7) is 6.52. The Morgan fingerprint density at radius 3 is 2.21 bits per heavy atom. The van der Waals surface area contributed by atoms with Gasteiger partial charge in [-0.2, -0.15) is 0 Å². The first-order valence-corrected chi connectivity index (χ1v) is 7.01. The molecule has 1 atom stereocenters. The smallest absolute Gasteiger partial charge is 0.00511 e. The molecule has 2 aromatic rings. The second-order valence-electron chi connectivity index (χ2n) is 5.62. The highest BCUT2D eigenvalue weighted by atomic mass is 14.6. The fourth-order valence-electron chi connectivity index (χ4n) is 2.36. The van der Waals surface area contributed by atoms with E-state index in [4.69, 9.17) is 5.73 Å². The van der Waals surface area contributed by atoms with Gasteiger partial charge >= 0.3 is 0 Å². The summed E-state index contributed by atoms with van der Waals surface area (Å²) in [6.07, 6.45) is 0.919. The summed E-state index contributed by atoms with van der Waals surface area (Å²) in [7, 11) is 0. The number of hydrogen-bond donors (Lipinski definition) is 1. The highest BCUT2D eigenvalue weighted by molar-refractivity contribution is 5.68. The van der Waals surface area contributed by atoms with Crippen LogP contribution in [0.5, 0.6) is 0 Å². The average molecular weight is 253 g/mol. The van der Waals surface area contributed by atoms with Crippen LogP contribution in [-0.2, 0) is 6.42 Å². The van der Waals surface area contributed by atoms with Crippen LogP contribution in [0.25, 0.3) is 11.1 Å². The summed E-state index contributed by atoms with van der Waals surface area (Å²) >= 11 is 0. The van der Waals surface area contributed by atoms with Crippen molar-refractivity contribution in [1.82, 2.24) is 0 Å². The van der Waals surface area contributed by atoms with Crippen molar-refractivity contribution in [3.8, 4) is 11.1 Å². The predicted octanol–water partition coefficient (Wildman–Crippen LogP) is 4.37. The molecule has 0 aliphatic heterocycles. The summed E-state index contributed by atoms with van der Waals surface area (Å²) in [5.41, 5.74) is 11.3. The van der Waals surface area contributed by atoms with Gasteiger partial charge < -0.3 is 5.73 Å². The van der Waals surface area contributed by atoms with Crippen LogP contribution >= 0.6 is 0 Å². The third-order valence-electron chi connectivity index (χ3n) is 3.43. The molecule has 2 rings (SSSR count). The van der Waals surface area contributed by atoms with E-state index in [1.165, 1.54) is 22.3 Å². The Morgan fingerprint density at radius 1 is 0.947 bits per heavy atom. The summed E-state index contributed by atoms with van der Waals surface area (Å²) in [4.78, 5) is 0. The number of hydrogen-bond acceptors (Lipinski definition) is 1. The fourth-order valence-corrected chi connectivity index (χ4v) is 2.36. The van der Waals surface area contributed by atoms with Gasteiger partial charge in [-0.1, -0.05) is 62.4 Å². The standard InChI is InChI=1S/C18H23N/c1-13(2)16-9-10-17(11-14(3)19)18(12-16)15-7-5-4-6-8-15/h4-10,12-14H,11,19H2,1-3H3. The first-order chi connectivity index (χ1) is 9.08. The van der Waals surface area contributed by atoms with Crippen LogP contribution in [-0.4, -0.2) is 6.04 Å². The fraction of sp³-hybridized carbons (Fsp3) is 0.333. The van der Waals surface area contributed by atoms with Gasteiger partial charge in [0.2, 0.25) is 0 Å². The number of rotatable bonds is 4. The SMILES string of the molecule is CC(N)Cc1ccc(C(C)C)cc1-c1ccccc1. The van der Waals surface area contributed by atoms with Crippen molar-refractivity contribution in [2.45, 2.75) is 39.2 Å². The van der Waals surface area contributed by atoms with E-state index in [1.54, 1.807) is 0 Å². The molecule has 0 saturated heterocycles. The molecule has 0 aliphatic carbocycles. The van der Waals surface area contributed by atoms with Gasteiger partial charge in [0.1, 0.15) is 0 Å². The third-order valence-corrected chi connectivity index (χ3v) is 3.43. The molecule has 1 heteroatoms. The Hall–Kier alpha value is -1.60. The van der Waals surface area contributed by atoms with Gasteiger partial charge in [0.25, 0.3) is 0 Å². The molecule has 0 spiro atoms. The second-order valence-corrected chi connectivity index (χ2v) is 5.62. The Labute approximate surface area is 116 Å². The van der Waals surface area contributed by atoms with E-state index in [1.807, 2.05) is 0 Å². The van der Waals surface area contributed by atoms with E-state index < -0.39 is 0 Å². The maximum absolute atomic E-state index is 5.97. The molecule has 0 fully saturated rings. The first-order valence-electron chi connectivity index (χ1n) is 7.01. The summed E-state index contributed by atoms with van der Waals surface area (Å²) in [6, 6.07) is 17.6. The minimum atomic E-state index is 0.187. The molecule has 2 N–H and O–H groups in total. The van der Waals surface area contributed by atoms with Gasteiger partial charge in [0, 0.05) is 6.04 Å². The molecule has 0 saturated carbocycles. The summed E-state index contributed by atoms with van der Waals surface area (Å²) in [5, 5.41) is 0. The normalized spacial score (nSPS) is 12.7. The van der Waals surface area contributed by atoms with Crippen LogP contribution in [0.2, 0.25) is 0 Å². The second kappa shape index (κ2) is 6.03. The van der Waals surface area contributed by atoms with Gasteiger partial charge in [-0.15, -0.1) is 0 Å². The van der Waals surface area contributed by atoms with Gasteiger partial charge in [0.05, 0.1) is 0 Å². The lowest BCUT2D eigenvalue weighted by Gasteiger charge is -2.15. The molecule has 0 aliphatic rings. The van der Waals surface area contributed by atoms with Crippen molar-refractivity contribution in [3.05, 3.63) is 59.7 Å². The van der Waals surface area contributed by atoms with Crippen molar-refractivity contribution >= 4 is 0 Å². The van der Waals surface area contributed by atoms with E-state index in [0.717, 1.165) is 6.42 Å². The van der Waals surface area contributed by atoms with Crippen molar-refractivity contribution in [2.75, 3.05) is 0 Å². The average Bonchev–Trinajstić information content (AvgIpc) is 2.39. The van der Waals surface area contributed by atoms with E-state index >= 15 is 0 Å². The monoisotopic (exact) mass is 253 g/mol. The summed E-state index contributed by atoms with van der Waals surface area (Å²) < 4.78 is 0. The van der Waals surface area contributed by atoms with E-state index in [-0.39, 0.29) is 6.04 Å². The molecule has 1 nitrogen and oxygen atoms in total.